The predicted molar refractivity (Wildman–Crippen MR) is 95.8 cm³/mol. The van der Waals surface area contributed by atoms with Crippen LogP contribution in [0.5, 0.6) is 0 Å². The molecule has 1 aromatic heterocycles. The number of hydrogen-bond acceptors (Lipinski definition) is 6. The van der Waals surface area contributed by atoms with Gasteiger partial charge in [0.1, 0.15) is 6.61 Å². The number of likely N-dealkylation sites (tertiary alicyclic amines) is 1. The first-order valence-corrected chi connectivity index (χ1v) is 9.16. The molecule has 2 heterocycles. The van der Waals surface area contributed by atoms with Gasteiger partial charge in [0.2, 0.25) is 0 Å². The van der Waals surface area contributed by atoms with Crippen LogP contribution in [0.1, 0.15) is 28.1 Å². The number of thiophene rings is 1. The maximum Gasteiger partial charge on any atom is 0.311 e. The molecule has 0 aliphatic carbocycles. The molecule has 1 unspecified atom stereocenters. The van der Waals surface area contributed by atoms with Gasteiger partial charge in [-0.25, -0.2) is 0 Å². The lowest BCUT2D eigenvalue weighted by atomic mass is 9.98. The summed E-state index contributed by atoms with van der Waals surface area (Å²) >= 11 is 1.37. The highest BCUT2D eigenvalue weighted by Gasteiger charge is 2.30. The van der Waals surface area contributed by atoms with E-state index in [1.807, 2.05) is 11.4 Å². The fourth-order valence-corrected chi connectivity index (χ4v) is 3.68. The molecule has 8 heteroatoms. The molecule has 1 fully saturated rings. The largest absolute Gasteiger partial charge is 0.460 e. The summed E-state index contributed by atoms with van der Waals surface area (Å²) in [5.41, 5.74) is 0.284. The number of amides is 1. The Kier molecular flexibility index (Phi) is 5.62. The number of piperidine rings is 1. The molecule has 7 nitrogen and oxygen atoms in total. The minimum Gasteiger partial charge on any atom is -0.460 e. The number of nitrogens with zero attached hydrogens (tertiary/aromatic N) is 2. The maximum absolute atomic E-state index is 12.4. The Morgan fingerprint density at radius 2 is 2.08 bits per heavy atom. The highest BCUT2D eigenvalue weighted by Crippen LogP contribution is 2.23. The van der Waals surface area contributed by atoms with Crippen LogP contribution in [-0.4, -0.2) is 34.8 Å². The topological polar surface area (TPSA) is 89.8 Å². The third-order valence-corrected chi connectivity index (χ3v) is 5.19. The molecular formula is C18H18N2O5S. The molecule has 1 aliphatic rings. The van der Waals surface area contributed by atoms with Crippen molar-refractivity contribution >= 4 is 28.9 Å². The molecule has 3 rings (SSSR count). The van der Waals surface area contributed by atoms with Crippen LogP contribution in [0.15, 0.2) is 41.8 Å². The van der Waals surface area contributed by atoms with E-state index in [1.165, 1.54) is 17.4 Å². The summed E-state index contributed by atoms with van der Waals surface area (Å²) in [5, 5.41) is 12.9. The van der Waals surface area contributed by atoms with E-state index in [-0.39, 0.29) is 18.2 Å². The first kappa shape index (κ1) is 18.1. The van der Waals surface area contributed by atoms with Crippen molar-refractivity contribution in [2.75, 3.05) is 13.1 Å². The van der Waals surface area contributed by atoms with E-state index >= 15 is 0 Å². The number of benzene rings is 1. The van der Waals surface area contributed by atoms with Gasteiger partial charge in [0, 0.05) is 19.2 Å². The number of hydrogen-bond donors (Lipinski definition) is 0. The Hall–Kier alpha value is -2.74. The highest BCUT2D eigenvalue weighted by atomic mass is 32.1. The summed E-state index contributed by atoms with van der Waals surface area (Å²) in [7, 11) is 0. The van der Waals surface area contributed by atoms with Gasteiger partial charge in [-0.05, 0) is 30.4 Å². The molecule has 1 atom stereocenters. The number of ether oxygens (including phenoxy) is 1. The average Bonchev–Trinajstić information content (AvgIpc) is 3.20. The molecule has 136 valence electrons. The molecular weight excluding hydrogens is 356 g/mol. The average molecular weight is 374 g/mol. The zero-order chi connectivity index (χ0) is 18.5. The van der Waals surface area contributed by atoms with Crippen LogP contribution in [0, 0.1) is 16.0 Å². The van der Waals surface area contributed by atoms with Gasteiger partial charge < -0.3 is 9.64 Å². The van der Waals surface area contributed by atoms with Crippen molar-refractivity contribution in [2.24, 2.45) is 5.92 Å². The zero-order valence-electron chi connectivity index (χ0n) is 14.0. The lowest BCUT2D eigenvalue weighted by molar-refractivity contribution is -0.385. The molecule has 26 heavy (non-hydrogen) atoms. The Labute approximate surface area is 154 Å². The molecule has 0 spiro atoms. The lowest BCUT2D eigenvalue weighted by Gasteiger charge is -2.31. The molecule has 1 aliphatic heterocycles. The van der Waals surface area contributed by atoms with E-state index in [2.05, 4.69) is 0 Å². The van der Waals surface area contributed by atoms with Crippen molar-refractivity contribution in [2.45, 2.75) is 19.4 Å². The first-order chi connectivity index (χ1) is 12.6. The van der Waals surface area contributed by atoms with Crippen LogP contribution in [0.2, 0.25) is 0 Å². The van der Waals surface area contributed by atoms with Gasteiger partial charge >= 0.3 is 5.97 Å². The maximum atomic E-state index is 12.4. The second-order valence-corrected chi connectivity index (χ2v) is 7.01. The molecule has 1 saturated heterocycles. The summed E-state index contributed by atoms with van der Waals surface area (Å²) < 4.78 is 5.30. The summed E-state index contributed by atoms with van der Waals surface area (Å²) in [6.45, 7) is 0.780. The van der Waals surface area contributed by atoms with Crippen molar-refractivity contribution < 1.29 is 19.2 Å². The fourth-order valence-electron chi connectivity index (χ4n) is 2.99. The van der Waals surface area contributed by atoms with Gasteiger partial charge in [-0.1, -0.05) is 18.2 Å². The number of carbonyl (C=O) groups is 2. The molecule has 0 saturated carbocycles. The van der Waals surface area contributed by atoms with E-state index in [1.54, 1.807) is 29.2 Å². The molecule has 0 radical (unpaired) electrons. The first-order valence-electron chi connectivity index (χ1n) is 8.28. The van der Waals surface area contributed by atoms with Crippen LogP contribution in [0.3, 0.4) is 0 Å². The van der Waals surface area contributed by atoms with E-state index in [0.717, 1.165) is 6.42 Å². The van der Waals surface area contributed by atoms with E-state index in [0.29, 0.717) is 30.0 Å². The van der Waals surface area contributed by atoms with Crippen LogP contribution in [-0.2, 0) is 16.1 Å². The number of rotatable bonds is 5. The number of nitro groups is 1. The van der Waals surface area contributed by atoms with Gasteiger partial charge in [-0.15, -0.1) is 11.3 Å². The second-order valence-electron chi connectivity index (χ2n) is 6.06. The normalized spacial score (nSPS) is 16.9. The third-order valence-electron chi connectivity index (χ3n) is 4.33. The highest BCUT2D eigenvalue weighted by molar-refractivity contribution is 7.12. The second kappa shape index (κ2) is 8.09. The van der Waals surface area contributed by atoms with Gasteiger partial charge in [0.05, 0.1) is 21.3 Å². The van der Waals surface area contributed by atoms with Crippen molar-refractivity contribution in [3.63, 3.8) is 0 Å². The summed E-state index contributed by atoms with van der Waals surface area (Å²) in [4.78, 5) is 37.7. The van der Waals surface area contributed by atoms with Gasteiger partial charge in [0.15, 0.2) is 0 Å². The molecule has 2 aromatic rings. The number of esters is 1. The monoisotopic (exact) mass is 374 g/mol. The SMILES string of the molecule is O=C(OCc1ccccc1[N+](=O)[O-])C1CCCN(C(=O)c2cccs2)C1. The Morgan fingerprint density at radius 1 is 1.27 bits per heavy atom. The molecule has 1 aromatic carbocycles. The van der Waals surface area contributed by atoms with Crippen LogP contribution in [0.25, 0.3) is 0 Å². The molecule has 0 bridgehead atoms. The molecule has 1 amide bonds. The predicted octanol–water partition coefficient (Wildman–Crippen LogP) is 3.25. The Balaban J connectivity index is 1.60. The van der Waals surface area contributed by atoms with Crippen molar-refractivity contribution in [3.05, 3.63) is 62.3 Å². The number of carbonyl (C=O) groups excluding carboxylic acids is 2. The van der Waals surface area contributed by atoms with Crippen molar-refractivity contribution in [1.82, 2.24) is 4.90 Å². The van der Waals surface area contributed by atoms with Gasteiger partial charge in [0.25, 0.3) is 11.6 Å². The third kappa shape index (κ3) is 4.08. The summed E-state index contributed by atoms with van der Waals surface area (Å²) in [6, 6.07) is 9.77. The fraction of sp³-hybridized carbons (Fsp3) is 0.333. The standard InChI is InChI=1S/C18H18N2O5S/c21-17(16-8-4-10-26-16)19-9-3-6-13(11-19)18(22)25-12-14-5-1-2-7-15(14)20(23)24/h1-2,4-5,7-8,10,13H,3,6,9,11-12H2. The van der Waals surface area contributed by atoms with Crippen LogP contribution < -0.4 is 0 Å². The van der Waals surface area contributed by atoms with Crippen LogP contribution in [0.4, 0.5) is 5.69 Å². The summed E-state index contributed by atoms with van der Waals surface area (Å²) in [6.07, 6.45) is 1.37. The number of para-hydroxylation sites is 1. The smallest absolute Gasteiger partial charge is 0.311 e. The van der Waals surface area contributed by atoms with Crippen molar-refractivity contribution in [3.8, 4) is 0 Å². The Bertz CT molecular complexity index is 806. The lowest BCUT2D eigenvalue weighted by Crippen LogP contribution is -2.42. The minimum atomic E-state index is -0.495. The van der Waals surface area contributed by atoms with Gasteiger partial charge in [-0.3, -0.25) is 19.7 Å². The van der Waals surface area contributed by atoms with Gasteiger partial charge in [-0.2, -0.15) is 0 Å². The van der Waals surface area contributed by atoms with Crippen LogP contribution >= 0.6 is 11.3 Å². The van der Waals surface area contributed by atoms with E-state index in [4.69, 9.17) is 4.74 Å². The summed E-state index contributed by atoms with van der Waals surface area (Å²) in [5.74, 6) is -0.904. The molecule has 0 N–H and O–H groups in total. The van der Waals surface area contributed by atoms with E-state index in [9.17, 15) is 19.7 Å². The zero-order valence-corrected chi connectivity index (χ0v) is 14.8. The number of nitro benzene ring substituents is 1. The van der Waals surface area contributed by atoms with Crippen molar-refractivity contribution in [1.29, 1.82) is 0 Å². The Morgan fingerprint density at radius 3 is 2.81 bits per heavy atom. The minimum absolute atomic E-state index is 0.0709. The van der Waals surface area contributed by atoms with E-state index < -0.39 is 16.8 Å². The quantitative estimate of drug-likeness (QED) is 0.455.